The van der Waals surface area contributed by atoms with Crippen molar-refractivity contribution in [1.82, 2.24) is 9.62 Å². The lowest BCUT2D eigenvalue weighted by molar-refractivity contribution is 0.0751. The number of carbonyl (C=O) groups is 1. The lowest BCUT2D eigenvalue weighted by atomic mass is 10.0. The number of aliphatic hydroxyl groups is 1. The number of benzene rings is 2. The van der Waals surface area contributed by atoms with Crippen LogP contribution in [-0.4, -0.2) is 67.5 Å². The third-order valence-electron chi connectivity index (χ3n) is 6.70. The number of nitrogens with zero attached hydrogens (tertiary/aromatic N) is 1. The second kappa shape index (κ2) is 15.6. The van der Waals surface area contributed by atoms with Gasteiger partial charge in [-0.2, -0.15) is 4.31 Å². The van der Waals surface area contributed by atoms with E-state index in [4.69, 9.17) is 14.2 Å². The van der Waals surface area contributed by atoms with E-state index in [1.165, 1.54) is 34.6 Å². The number of ether oxygens (including phenoxy) is 3. The number of aromatic hydroxyl groups is 1. The number of carbonyl (C=O) groups excluding carboxylic acids is 1. The SMILES string of the molecule is C=CCCCC[C@H](NC(=O)c1cccc(O)c1OCCC=C)[C@H](O)CN(CC(C)C)S(=O)(=O)c1ccc2c(c1)OCO2. The van der Waals surface area contributed by atoms with Crippen LogP contribution >= 0.6 is 0 Å². The van der Waals surface area contributed by atoms with E-state index in [-0.39, 0.29) is 54.4 Å². The summed E-state index contributed by atoms with van der Waals surface area (Å²) in [4.78, 5) is 13.5. The fourth-order valence-corrected chi connectivity index (χ4v) is 6.20. The molecule has 2 atom stereocenters. The van der Waals surface area contributed by atoms with E-state index < -0.39 is 28.1 Å². The second-order valence-corrected chi connectivity index (χ2v) is 12.5. The van der Waals surface area contributed by atoms with E-state index in [0.717, 1.165) is 12.8 Å². The Kier molecular flexibility index (Phi) is 12.3. The molecule has 10 nitrogen and oxygen atoms in total. The van der Waals surface area contributed by atoms with Crippen molar-refractivity contribution in [2.75, 3.05) is 26.5 Å². The number of sulfonamides is 1. The third-order valence-corrected chi connectivity index (χ3v) is 8.53. The van der Waals surface area contributed by atoms with Crippen LogP contribution in [0.4, 0.5) is 0 Å². The summed E-state index contributed by atoms with van der Waals surface area (Å²) in [7, 11) is -4.03. The van der Waals surface area contributed by atoms with Crippen molar-refractivity contribution in [1.29, 1.82) is 0 Å². The minimum absolute atomic E-state index is 0.0146. The van der Waals surface area contributed by atoms with E-state index in [9.17, 15) is 23.4 Å². The van der Waals surface area contributed by atoms with Crippen LogP contribution in [-0.2, 0) is 10.0 Å². The van der Waals surface area contributed by atoms with Gasteiger partial charge >= 0.3 is 0 Å². The minimum Gasteiger partial charge on any atom is -0.504 e. The number of hydrogen-bond donors (Lipinski definition) is 3. The Balaban J connectivity index is 1.85. The number of amides is 1. The summed E-state index contributed by atoms with van der Waals surface area (Å²) >= 11 is 0. The van der Waals surface area contributed by atoms with Crippen molar-refractivity contribution in [2.45, 2.75) is 63.0 Å². The summed E-state index contributed by atoms with van der Waals surface area (Å²) in [5, 5.41) is 24.7. The molecule has 0 aromatic heterocycles. The van der Waals surface area contributed by atoms with Crippen molar-refractivity contribution in [3.8, 4) is 23.0 Å². The molecule has 1 heterocycles. The highest BCUT2D eigenvalue weighted by Crippen LogP contribution is 2.35. The van der Waals surface area contributed by atoms with Crippen LogP contribution in [0.2, 0.25) is 0 Å². The van der Waals surface area contributed by atoms with Gasteiger partial charge in [-0.3, -0.25) is 4.79 Å². The molecule has 0 aliphatic carbocycles. The van der Waals surface area contributed by atoms with E-state index in [1.807, 2.05) is 13.8 Å². The predicted molar refractivity (Wildman–Crippen MR) is 161 cm³/mol. The standard InChI is InChI=1S/C31H42N2O8S/c1-5-7-9-10-13-25(32-31(36)24-12-11-14-26(34)30(24)39-17-8-6-2)27(35)20-33(19-22(3)4)42(37,38)23-15-16-28-29(18-23)41-21-40-28/h5-6,11-12,14-16,18,22,25,27,34-35H,1-2,7-10,13,17,19-21H2,3-4H3,(H,32,36)/t25-,27+/m0/s1. The van der Waals surface area contributed by atoms with Crippen molar-refractivity contribution in [3.63, 3.8) is 0 Å². The summed E-state index contributed by atoms with van der Waals surface area (Å²) in [6, 6.07) is 8.11. The van der Waals surface area contributed by atoms with Gasteiger partial charge in [-0.05, 0) is 55.9 Å². The second-order valence-electron chi connectivity index (χ2n) is 10.5. The number of para-hydroxylation sites is 1. The van der Waals surface area contributed by atoms with Gasteiger partial charge < -0.3 is 29.7 Å². The van der Waals surface area contributed by atoms with Gasteiger partial charge in [-0.1, -0.05) is 38.5 Å². The Labute approximate surface area is 248 Å². The average Bonchev–Trinajstić information content (AvgIpc) is 3.43. The summed E-state index contributed by atoms with van der Waals surface area (Å²) in [6.45, 7) is 11.3. The summed E-state index contributed by atoms with van der Waals surface area (Å²) in [5.41, 5.74) is 0.106. The first-order valence-electron chi connectivity index (χ1n) is 14.1. The molecule has 1 aliphatic heterocycles. The molecule has 2 aromatic carbocycles. The first kappa shape index (κ1) is 33.0. The van der Waals surface area contributed by atoms with Crippen LogP contribution in [0.15, 0.2) is 66.6 Å². The maximum absolute atomic E-state index is 13.7. The van der Waals surface area contributed by atoms with Gasteiger partial charge in [0.25, 0.3) is 5.91 Å². The van der Waals surface area contributed by atoms with Gasteiger partial charge in [-0.15, -0.1) is 13.2 Å². The van der Waals surface area contributed by atoms with Gasteiger partial charge in [0, 0.05) is 19.2 Å². The van der Waals surface area contributed by atoms with Crippen LogP contribution in [0, 0.1) is 5.92 Å². The molecule has 2 aromatic rings. The number of phenols is 1. The number of rotatable bonds is 18. The zero-order valence-electron chi connectivity index (χ0n) is 24.3. The molecule has 0 bridgehead atoms. The highest BCUT2D eigenvalue weighted by molar-refractivity contribution is 7.89. The molecular formula is C31H42N2O8S. The smallest absolute Gasteiger partial charge is 0.255 e. The fraction of sp³-hybridized carbons (Fsp3) is 0.452. The van der Waals surface area contributed by atoms with Gasteiger partial charge in [-0.25, -0.2) is 8.42 Å². The Morgan fingerprint density at radius 3 is 2.55 bits per heavy atom. The third kappa shape index (κ3) is 8.73. The minimum atomic E-state index is -4.03. The van der Waals surface area contributed by atoms with E-state index in [2.05, 4.69) is 18.5 Å². The highest BCUT2D eigenvalue weighted by Gasteiger charge is 2.32. The maximum Gasteiger partial charge on any atom is 0.255 e. The number of allylic oxidation sites excluding steroid dienone is 1. The van der Waals surface area contributed by atoms with E-state index in [1.54, 1.807) is 18.2 Å². The Hall–Kier alpha value is -3.54. The average molecular weight is 603 g/mol. The van der Waals surface area contributed by atoms with Crippen LogP contribution in [0.5, 0.6) is 23.0 Å². The molecule has 0 radical (unpaired) electrons. The molecule has 1 aliphatic rings. The summed E-state index contributed by atoms with van der Waals surface area (Å²) < 4.78 is 45.1. The lowest BCUT2D eigenvalue weighted by Crippen LogP contribution is -2.50. The molecule has 3 rings (SSSR count). The van der Waals surface area contributed by atoms with Crippen LogP contribution in [0.1, 0.15) is 56.3 Å². The lowest BCUT2D eigenvalue weighted by Gasteiger charge is -2.31. The number of fused-ring (bicyclic) bond motifs is 1. The topological polar surface area (TPSA) is 135 Å². The number of aliphatic hydroxyl groups excluding tert-OH is 1. The number of nitrogens with one attached hydrogen (secondary N) is 1. The van der Waals surface area contributed by atoms with Gasteiger partial charge in [0.05, 0.1) is 29.2 Å². The number of phenolic OH excluding ortho intramolecular Hbond substituents is 1. The molecule has 0 fully saturated rings. The van der Waals surface area contributed by atoms with Gasteiger partial charge in [0.1, 0.15) is 0 Å². The fourth-order valence-electron chi connectivity index (χ4n) is 4.56. The van der Waals surface area contributed by atoms with Gasteiger partial charge in [0.2, 0.25) is 16.8 Å². The molecule has 1 amide bonds. The molecule has 11 heteroatoms. The Bertz CT molecular complexity index is 1330. The molecule has 0 unspecified atom stereocenters. The number of unbranched alkanes of at least 4 members (excludes halogenated alkanes) is 2. The zero-order chi connectivity index (χ0) is 30.7. The monoisotopic (exact) mass is 602 g/mol. The highest BCUT2D eigenvalue weighted by atomic mass is 32.2. The molecule has 3 N–H and O–H groups in total. The quantitative estimate of drug-likeness (QED) is 0.166. The molecule has 230 valence electrons. The van der Waals surface area contributed by atoms with Gasteiger partial charge in [0.15, 0.2) is 23.0 Å². The first-order chi connectivity index (χ1) is 20.1. The predicted octanol–water partition coefficient (Wildman–Crippen LogP) is 4.63. The number of hydrogen-bond acceptors (Lipinski definition) is 8. The van der Waals surface area contributed by atoms with Crippen molar-refractivity contribution < 1.29 is 37.6 Å². The van der Waals surface area contributed by atoms with E-state index in [0.29, 0.717) is 30.8 Å². The molecule has 0 spiro atoms. The van der Waals surface area contributed by atoms with Crippen molar-refractivity contribution in [2.24, 2.45) is 5.92 Å². The molecule has 42 heavy (non-hydrogen) atoms. The summed E-state index contributed by atoms with van der Waals surface area (Å²) in [5.74, 6) is 0.0546. The van der Waals surface area contributed by atoms with E-state index >= 15 is 0 Å². The van der Waals surface area contributed by atoms with Crippen molar-refractivity contribution >= 4 is 15.9 Å². The molecular weight excluding hydrogens is 560 g/mol. The Morgan fingerprint density at radius 1 is 1.10 bits per heavy atom. The van der Waals surface area contributed by atoms with Crippen molar-refractivity contribution in [3.05, 3.63) is 67.3 Å². The van der Waals surface area contributed by atoms with Crippen LogP contribution in [0.25, 0.3) is 0 Å². The Morgan fingerprint density at radius 2 is 1.83 bits per heavy atom. The van der Waals surface area contributed by atoms with Crippen LogP contribution in [0.3, 0.4) is 0 Å². The maximum atomic E-state index is 13.7. The normalized spacial score (nSPS) is 14.0. The first-order valence-corrected chi connectivity index (χ1v) is 15.6. The molecule has 0 saturated carbocycles. The van der Waals surface area contributed by atoms with Crippen LogP contribution < -0.4 is 19.5 Å². The summed E-state index contributed by atoms with van der Waals surface area (Å²) in [6.07, 6.45) is 5.36. The molecule has 0 saturated heterocycles. The zero-order valence-corrected chi connectivity index (χ0v) is 25.1. The largest absolute Gasteiger partial charge is 0.504 e.